The van der Waals surface area contributed by atoms with Crippen LogP contribution in [0.5, 0.6) is 5.75 Å². The van der Waals surface area contributed by atoms with Gasteiger partial charge in [-0.15, -0.1) is 0 Å². The number of aromatic nitrogens is 2. The standard InChI is InChI=1S/C18H22N4O2/c1-15-11-20-22(12-15)14-18-13-21(7-9-24-18)6-8-23-17-4-2-16(10-19)3-5-17/h2-5,11-12,18H,6-9,13-14H2,1H3/t18-/m1/s1. The van der Waals surface area contributed by atoms with Crippen molar-refractivity contribution in [1.82, 2.24) is 14.7 Å². The van der Waals surface area contributed by atoms with Crippen molar-refractivity contribution in [3.8, 4) is 11.8 Å². The summed E-state index contributed by atoms with van der Waals surface area (Å²) in [4.78, 5) is 2.36. The van der Waals surface area contributed by atoms with Crippen molar-refractivity contribution in [2.45, 2.75) is 19.6 Å². The van der Waals surface area contributed by atoms with Gasteiger partial charge in [0, 0.05) is 25.8 Å². The number of hydrogen-bond acceptors (Lipinski definition) is 5. The molecule has 1 atom stereocenters. The van der Waals surface area contributed by atoms with Gasteiger partial charge in [0.2, 0.25) is 0 Å². The summed E-state index contributed by atoms with van der Waals surface area (Å²) in [7, 11) is 0. The van der Waals surface area contributed by atoms with Gasteiger partial charge >= 0.3 is 0 Å². The third-order valence-corrected chi connectivity index (χ3v) is 4.04. The molecule has 126 valence electrons. The second kappa shape index (κ2) is 7.95. The van der Waals surface area contributed by atoms with E-state index in [2.05, 4.69) is 16.1 Å². The van der Waals surface area contributed by atoms with Crippen LogP contribution in [0.15, 0.2) is 36.7 Å². The predicted octanol–water partition coefficient (Wildman–Crippen LogP) is 1.84. The third-order valence-electron chi connectivity index (χ3n) is 4.04. The Hall–Kier alpha value is -2.36. The van der Waals surface area contributed by atoms with Gasteiger partial charge in [0.25, 0.3) is 0 Å². The van der Waals surface area contributed by atoms with Crippen LogP contribution < -0.4 is 4.74 Å². The maximum atomic E-state index is 8.79. The molecule has 3 rings (SSSR count). The maximum absolute atomic E-state index is 8.79. The lowest BCUT2D eigenvalue weighted by Crippen LogP contribution is -2.45. The first kappa shape index (κ1) is 16.5. The van der Waals surface area contributed by atoms with E-state index in [9.17, 15) is 0 Å². The first-order valence-electron chi connectivity index (χ1n) is 8.19. The molecule has 1 aliphatic heterocycles. The van der Waals surface area contributed by atoms with Crippen LogP contribution in [0.4, 0.5) is 0 Å². The summed E-state index contributed by atoms with van der Waals surface area (Å²) in [5.74, 6) is 0.797. The Kier molecular flexibility index (Phi) is 5.47. The molecule has 0 radical (unpaired) electrons. The van der Waals surface area contributed by atoms with Gasteiger partial charge in [0.05, 0.1) is 37.1 Å². The Bertz CT molecular complexity index is 690. The molecular formula is C18H22N4O2. The van der Waals surface area contributed by atoms with Crippen LogP contribution in [0.3, 0.4) is 0 Å². The number of nitriles is 1. The van der Waals surface area contributed by atoms with Crippen molar-refractivity contribution >= 4 is 0 Å². The molecule has 1 fully saturated rings. The minimum Gasteiger partial charge on any atom is -0.492 e. The number of ether oxygens (including phenoxy) is 2. The zero-order valence-electron chi connectivity index (χ0n) is 13.9. The predicted molar refractivity (Wildman–Crippen MR) is 89.8 cm³/mol. The molecule has 0 amide bonds. The molecule has 6 heteroatoms. The van der Waals surface area contributed by atoms with E-state index in [1.165, 1.54) is 5.56 Å². The van der Waals surface area contributed by atoms with Gasteiger partial charge in [-0.25, -0.2) is 0 Å². The highest BCUT2D eigenvalue weighted by Gasteiger charge is 2.20. The van der Waals surface area contributed by atoms with Crippen LogP contribution in [0.25, 0.3) is 0 Å². The third kappa shape index (κ3) is 4.57. The summed E-state index contributed by atoms with van der Waals surface area (Å²) in [6, 6.07) is 9.31. The zero-order chi connectivity index (χ0) is 16.8. The van der Waals surface area contributed by atoms with Gasteiger partial charge < -0.3 is 9.47 Å². The molecule has 0 bridgehead atoms. The van der Waals surface area contributed by atoms with Gasteiger partial charge in [0.15, 0.2) is 0 Å². The maximum Gasteiger partial charge on any atom is 0.119 e. The number of rotatable bonds is 6. The molecule has 6 nitrogen and oxygen atoms in total. The SMILES string of the molecule is Cc1cnn(C[C@H]2CN(CCOc3ccc(C#N)cc3)CCO2)c1. The topological polar surface area (TPSA) is 63.3 Å². The number of aryl methyl sites for hydroxylation is 1. The quantitative estimate of drug-likeness (QED) is 0.810. The Morgan fingerprint density at radius 1 is 1.38 bits per heavy atom. The number of hydrogen-bond donors (Lipinski definition) is 0. The molecule has 0 spiro atoms. The molecule has 1 aromatic heterocycles. The minimum absolute atomic E-state index is 0.160. The van der Waals surface area contributed by atoms with Crippen LogP contribution in [0.2, 0.25) is 0 Å². The lowest BCUT2D eigenvalue weighted by Gasteiger charge is -2.32. The highest BCUT2D eigenvalue weighted by Crippen LogP contribution is 2.12. The fourth-order valence-electron chi connectivity index (χ4n) is 2.79. The van der Waals surface area contributed by atoms with Gasteiger partial charge in [-0.1, -0.05) is 0 Å². The summed E-state index contributed by atoms with van der Waals surface area (Å²) in [6.45, 7) is 6.85. The van der Waals surface area contributed by atoms with Gasteiger partial charge in [0.1, 0.15) is 12.4 Å². The molecule has 0 unspecified atom stereocenters. The van der Waals surface area contributed by atoms with Gasteiger partial charge in [-0.2, -0.15) is 10.4 Å². The van der Waals surface area contributed by atoms with E-state index < -0.39 is 0 Å². The molecule has 1 saturated heterocycles. The first-order valence-corrected chi connectivity index (χ1v) is 8.19. The van der Waals surface area contributed by atoms with Gasteiger partial charge in [-0.05, 0) is 36.8 Å². The molecule has 1 aliphatic rings. The lowest BCUT2D eigenvalue weighted by molar-refractivity contribution is -0.0400. The highest BCUT2D eigenvalue weighted by atomic mass is 16.5. The fraction of sp³-hybridized carbons (Fsp3) is 0.444. The van der Waals surface area contributed by atoms with Gasteiger partial charge in [-0.3, -0.25) is 9.58 Å². The van der Waals surface area contributed by atoms with Crippen molar-refractivity contribution in [2.75, 3.05) is 32.8 Å². The number of benzene rings is 1. The van der Waals surface area contributed by atoms with E-state index in [4.69, 9.17) is 14.7 Å². The molecule has 2 aromatic rings. The van der Waals surface area contributed by atoms with E-state index in [1.54, 1.807) is 12.1 Å². The Labute approximate surface area is 142 Å². The summed E-state index contributed by atoms with van der Waals surface area (Å²) in [5.41, 5.74) is 1.81. The Morgan fingerprint density at radius 2 is 2.21 bits per heavy atom. The van der Waals surface area contributed by atoms with Crippen LogP contribution in [-0.4, -0.2) is 53.6 Å². The van der Waals surface area contributed by atoms with E-state index in [1.807, 2.05) is 36.1 Å². The van der Waals surface area contributed by atoms with Crippen molar-refractivity contribution in [2.24, 2.45) is 0 Å². The highest BCUT2D eigenvalue weighted by molar-refractivity contribution is 5.34. The van der Waals surface area contributed by atoms with E-state index >= 15 is 0 Å². The van der Waals surface area contributed by atoms with E-state index in [0.717, 1.165) is 38.5 Å². The molecule has 24 heavy (non-hydrogen) atoms. The normalized spacial score (nSPS) is 18.2. The second-order valence-corrected chi connectivity index (χ2v) is 6.02. The lowest BCUT2D eigenvalue weighted by atomic mass is 10.2. The summed E-state index contributed by atoms with van der Waals surface area (Å²) < 4.78 is 13.5. The average Bonchev–Trinajstić information content (AvgIpc) is 3.01. The van der Waals surface area contributed by atoms with E-state index in [-0.39, 0.29) is 6.10 Å². The Balaban J connectivity index is 1.42. The monoisotopic (exact) mass is 326 g/mol. The van der Waals surface area contributed by atoms with Crippen molar-refractivity contribution < 1.29 is 9.47 Å². The van der Waals surface area contributed by atoms with E-state index in [0.29, 0.717) is 12.2 Å². The second-order valence-electron chi connectivity index (χ2n) is 6.02. The molecular weight excluding hydrogens is 304 g/mol. The first-order chi connectivity index (χ1) is 11.7. The fourth-order valence-corrected chi connectivity index (χ4v) is 2.79. The molecule has 0 N–H and O–H groups in total. The zero-order valence-corrected chi connectivity index (χ0v) is 13.9. The summed E-state index contributed by atoms with van der Waals surface area (Å²) in [6.07, 6.45) is 4.07. The van der Waals surface area contributed by atoms with Crippen LogP contribution in [0.1, 0.15) is 11.1 Å². The number of nitrogens with zero attached hydrogens (tertiary/aromatic N) is 4. The number of morpholine rings is 1. The largest absolute Gasteiger partial charge is 0.492 e. The summed E-state index contributed by atoms with van der Waals surface area (Å²) >= 11 is 0. The van der Waals surface area contributed by atoms with Crippen LogP contribution in [0, 0.1) is 18.3 Å². The van der Waals surface area contributed by atoms with Crippen molar-refractivity contribution in [3.05, 3.63) is 47.8 Å². The molecule has 1 aromatic carbocycles. The van der Waals surface area contributed by atoms with Crippen LogP contribution in [-0.2, 0) is 11.3 Å². The molecule has 2 heterocycles. The summed E-state index contributed by atoms with van der Waals surface area (Å²) in [5, 5.41) is 13.1. The van der Waals surface area contributed by atoms with Crippen LogP contribution >= 0.6 is 0 Å². The van der Waals surface area contributed by atoms with Crippen molar-refractivity contribution in [1.29, 1.82) is 5.26 Å². The smallest absolute Gasteiger partial charge is 0.119 e. The average molecular weight is 326 g/mol. The minimum atomic E-state index is 0.160. The Morgan fingerprint density at radius 3 is 2.92 bits per heavy atom. The molecule has 0 saturated carbocycles. The van der Waals surface area contributed by atoms with Crippen molar-refractivity contribution in [3.63, 3.8) is 0 Å². The molecule has 0 aliphatic carbocycles.